The minimum atomic E-state index is -0.393. The highest BCUT2D eigenvalue weighted by Crippen LogP contribution is 2.20. The lowest BCUT2D eigenvalue weighted by atomic mass is 10.1. The molecule has 16 heavy (non-hydrogen) atoms. The Hall–Kier alpha value is -1.52. The van der Waals surface area contributed by atoms with Gasteiger partial charge in [-0.1, -0.05) is 0 Å². The fourth-order valence-corrected chi connectivity index (χ4v) is 1.26. The molecule has 5 heteroatoms. The molecule has 1 amide bonds. The van der Waals surface area contributed by atoms with Crippen LogP contribution in [0.4, 0.5) is 4.79 Å². The van der Waals surface area contributed by atoms with Crippen molar-refractivity contribution in [2.75, 3.05) is 0 Å². The van der Waals surface area contributed by atoms with E-state index in [1.165, 1.54) is 0 Å². The van der Waals surface area contributed by atoms with Gasteiger partial charge in [0.25, 0.3) is 0 Å². The molecule has 5 nitrogen and oxygen atoms in total. The molecule has 0 saturated heterocycles. The van der Waals surface area contributed by atoms with Crippen LogP contribution in [-0.4, -0.2) is 21.9 Å². The summed E-state index contributed by atoms with van der Waals surface area (Å²) in [7, 11) is 0. The van der Waals surface area contributed by atoms with Crippen LogP contribution < -0.4 is 10.1 Å². The minimum absolute atomic E-state index is 0.103. The third kappa shape index (κ3) is 2.74. The predicted octanol–water partition coefficient (Wildman–Crippen LogP) is 1.89. The Balaban J connectivity index is 1.93. The first-order chi connectivity index (χ1) is 7.45. The van der Waals surface area contributed by atoms with E-state index in [1.54, 1.807) is 17.1 Å². The molecule has 1 heterocycles. The van der Waals surface area contributed by atoms with Gasteiger partial charge in [-0.3, -0.25) is 4.68 Å². The Morgan fingerprint density at radius 1 is 1.56 bits per heavy atom. The minimum Gasteiger partial charge on any atom is -0.407 e. The standard InChI is InChI=1S/C11H17N3O2/c1-11(2,3)14-7-9(6-12-14)16-10(15)13-8-4-5-8/h6-8H,4-5H2,1-3H3,(H,13,15). The molecule has 0 spiro atoms. The van der Waals surface area contributed by atoms with Crippen LogP contribution in [0, 0.1) is 0 Å². The van der Waals surface area contributed by atoms with Crippen molar-refractivity contribution in [3.63, 3.8) is 0 Å². The predicted molar refractivity (Wildman–Crippen MR) is 59.4 cm³/mol. The molecular formula is C11H17N3O2. The number of rotatable bonds is 2. The Morgan fingerprint density at radius 2 is 2.25 bits per heavy atom. The molecule has 0 radical (unpaired) electrons. The van der Waals surface area contributed by atoms with Crippen LogP contribution in [0.2, 0.25) is 0 Å². The fraction of sp³-hybridized carbons (Fsp3) is 0.636. The molecule has 0 bridgehead atoms. The SMILES string of the molecule is CC(C)(C)n1cc(OC(=O)NC2CC2)cn1. The van der Waals surface area contributed by atoms with Crippen LogP contribution in [0.15, 0.2) is 12.4 Å². The first-order valence-corrected chi connectivity index (χ1v) is 5.48. The van der Waals surface area contributed by atoms with Crippen molar-refractivity contribution in [1.82, 2.24) is 15.1 Å². The number of hydrogen-bond acceptors (Lipinski definition) is 3. The van der Waals surface area contributed by atoms with E-state index < -0.39 is 6.09 Å². The summed E-state index contributed by atoms with van der Waals surface area (Å²) >= 11 is 0. The average molecular weight is 223 g/mol. The number of aromatic nitrogens is 2. The third-order valence-electron chi connectivity index (χ3n) is 2.36. The van der Waals surface area contributed by atoms with Crippen LogP contribution in [0.25, 0.3) is 0 Å². The van der Waals surface area contributed by atoms with E-state index in [0.717, 1.165) is 12.8 Å². The number of nitrogens with zero attached hydrogens (tertiary/aromatic N) is 2. The lowest BCUT2D eigenvalue weighted by Gasteiger charge is -2.18. The van der Waals surface area contributed by atoms with Crippen LogP contribution in [0.1, 0.15) is 33.6 Å². The second-order valence-electron chi connectivity index (χ2n) is 5.10. The quantitative estimate of drug-likeness (QED) is 0.833. The van der Waals surface area contributed by atoms with E-state index in [9.17, 15) is 4.79 Å². The van der Waals surface area contributed by atoms with E-state index in [1.807, 2.05) is 20.8 Å². The Bertz CT molecular complexity index is 388. The molecule has 1 aliphatic rings. The molecule has 1 saturated carbocycles. The smallest absolute Gasteiger partial charge is 0.407 e. The monoisotopic (exact) mass is 223 g/mol. The number of nitrogens with one attached hydrogen (secondary N) is 1. The van der Waals surface area contributed by atoms with Gasteiger partial charge in [0.1, 0.15) is 0 Å². The molecule has 0 atom stereocenters. The van der Waals surface area contributed by atoms with E-state index >= 15 is 0 Å². The average Bonchev–Trinajstić information content (AvgIpc) is 2.80. The van der Waals surface area contributed by atoms with Crippen molar-refractivity contribution in [2.24, 2.45) is 0 Å². The van der Waals surface area contributed by atoms with Gasteiger partial charge < -0.3 is 10.1 Å². The highest BCUT2D eigenvalue weighted by molar-refractivity contribution is 5.70. The summed E-state index contributed by atoms with van der Waals surface area (Å²) in [5.74, 6) is 0.480. The molecule has 88 valence electrons. The van der Waals surface area contributed by atoms with E-state index in [0.29, 0.717) is 11.8 Å². The largest absolute Gasteiger partial charge is 0.412 e. The van der Waals surface area contributed by atoms with Crippen LogP contribution in [0.3, 0.4) is 0 Å². The Kier molecular flexibility index (Phi) is 2.61. The lowest BCUT2D eigenvalue weighted by Crippen LogP contribution is -2.28. The highest BCUT2D eigenvalue weighted by Gasteiger charge is 2.24. The number of ether oxygens (including phenoxy) is 1. The maximum Gasteiger partial charge on any atom is 0.412 e. The molecule has 1 aromatic heterocycles. The van der Waals surface area contributed by atoms with Crippen molar-refractivity contribution in [3.05, 3.63) is 12.4 Å². The summed E-state index contributed by atoms with van der Waals surface area (Å²) in [4.78, 5) is 11.4. The zero-order valence-electron chi connectivity index (χ0n) is 9.86. The van der Waals surface area contributed by atoms with Crippen LogP contribution in [0.5, 0.6) is 5.75 Å². The molecule has 1 aliphatic carbocycles. The van der Waals surface area contributed by atoms with Gasteiger partial charge in [0.2, 0.25) is 0 Å². The lowest BCUT2D eigenvalue weighted by molar-refractivity contribution is 0.199. The number of hydrogen-bond donors (Lipinski definition) is 1. The number of carbonyl (C=O) groups is 1. The Labute approximate surface area is 94.8 Å². The van der Waals surface area contributed by atoms with E-state index in [4.69, 9.17) is 4.74 Å². The van der Waals surface area contributed by atoms with Gasteiger partial charge in [-0.05, 0) is 33.6 Å². The summed E-state index contributed by atoms with van der Waals surface area (Å²) in [5, 5.41) is 6.90. The Morgan fingerprint density at radius 3 is 2.75 bits per heavy atom. The van der Waals surface area contributed by atoms with Crippen molar-refractivity contribution in [3.8, 4) is 5.75 Å². The zero-order chi connectivity index (χ0) is 11.8. The zero-order valence-corrected chi connectivity index (χ0v) is 9.86. The number of amides is 1. The van der Waals surface area contributed by atoms with Gasteiger partial charge in [0.05, 0.1) is 17.9 Å². The third-order valence-corrected chi connectivity index (χ3v) is 2.36. The molecule has 1 N–H and O–H groups in total. The normalized spacial score (nSPS) is 15.9. The van der Waals surface area contributed by atoms with Gasteiger partial charge in [-0.15, -0.1) is 0 Å². The molecule has 1 fully saturated rings. The summed E-state index contributed by atoms with van der Waals surface area (Å²) in [6, 6.07) is 0.310. The van der Waals surface area contributed by atoms with Crippen LogP contribution in [-0.2, 0) is 5.54 Å². The van der Waals surface area contributed by atoms with Gasteiger partial charge in [-0.25, -0.2) is 4.79 Å². The summed E-state index contributed by atoms with van der Waals surface area (Å²) < 4.78 is 6.88. The molecule has 0 aliphatic heterocycles. The van der Waals surface area contributed by atoms with Gasteiger partial charge in [0, 0.05) is 6.04 Å². The van der Waals surface area contributed by atoms with Crippen molar-refractivity contribution < 1.29 is 9.53 Å². The highest BCUT2D eigenvalue weighted by atomic mass is 16.6. The second kappa shape index (κ2) is 3.81. The summed E-state index contributed by atoms with van der Waals surface area (Å²) in [6.07, 6.45) is 4.99. The van der Waals surface area contributed by atoms with E-state index in [-0.39, 0.29) is 5.54 Å². The summed E-state index contributed by atoms with van der Waals surface area (Å²) in [5.41, 5.74) is -0.103. The first kappa shape index (κ1) is 11.0. The maximum absolute atomic E-state index is 11.4. The van der Waals surface area contributed by atoms with Gasteiger partial charge in [-0.2, -0.15) is 5.10 Å². The van der Waals surface area contributed by atoms with Gasteiger partial charge >= 0.3 is 6.09 Å². The van der Waals surface area contributed by atoms with Crippen molar-refractivity contribution in [2.45, 2.75) is 45.2 Å². The maximum atomic E-state index is 11.4. The van der Waals surface area contributed by atoms with Crippen molar-refractivity contribution >= 4 is 6.09 Å². The molecular weight excluding hydrogens is 206 g/mol. The second-order valence-corrected chi connectivity index (χ2v) is 5.10. The molecule has 0 unspecified atom stereocenters. The molecule has 0 aromatic carbocycles. The topological polar surface area (TPSA) is 56.1 Å². The van der Waals surface area contributed by atoms with Gasteiger partial charge in [0.15, 0.2) is 5.75 Å². The molecule has 1 aromatic rings. The van der Waals surface area contributed by atoms with Crippen molar-refractivity contribution in [1.29, 1.82) is 0 Å². The van der Waals surface area contributed by atoms with E-state index in [2.05, 4.69) is 10.4 Å². The summed E-state index contributed by atoms with van der Waals surface area (Å²) in [6.45, 7) is 6.11. The van der Waals surface area contributed by atoms with Crippen LogP contribution >= 0.6 is 0 Å². The number of carbonyl (C=O) groups excluding carboxylic acids is 1. The first-order valence-electron chi connectivity index (χ1n) is 5.48. The molecule has 2 rings (SSSR count). The fourth-order valence-electron chi connectivity index (χ4n) is 1.26.